The molecule has 0 saturated carbocycles. The van der Waals surface area contributed by atoms with Gasteiger partial charge in [-0.15, -0.1) is 0 Å². The topological polar surface area (TPSA) is 64.6 Å². The van der Waals surface area contributed by atoms with E-state index in [1.165, 1.54) is 5.56 Å². The second kappa shape index (κ2) is 11.7. The highest BCUT2D eigenvalue weighted by Crippen LogP contribution is 2.08. The highest BCUT2D eigenvalue weighted by molar-refractivity contribution is 5.70. The molecule has 0 fully saturated rings. The Morgan fingerprint density at radius 1 is 1.04 bits per heavy atom. The van der Waals surface area contributed by atoms with Crippen LogP contribution in [0, 0.1) is 0 Å². The number of nitrogens with one attached hydrogen (secondary N) is 1. The molecule has 1 atom stereocenters. The number of hydrogen-bond acceptors (Lipinski definition) is 5. The minimum atomic E-state index is -0.224. The molecule has 0 aliphatic rings. The zero-order valence-electron chi connectivity index (χ0n) is 14.0. The molecule has 0 aromatic heterocycles. The summed E-state index contributed by atoms with van der Waals surface area (Å²) in [6.07, 6.45) is 2.30. The predicted molar refractivity (Wildman–Crippen MR) is 89.1 cm³/mol. The molecule has 0 aliphatic heterocycles. The van der Waals surface area contributed by atoms with Crippen LogP contribution in [-0.2, 0) is 25.5 Å². The van der Waals surface area contributed by atoms with Crippen molar-refractivity contribution in [2.75, 3.05) is 19.8 Å². The molecule has 128 valence electrons. The molecule has 5 heteroatoms. The smallest absolute Gasteiger partial charge is 0.307 e. The van der Waals surface area contributed by atoms with Gasteiger partial charge in [0, 0.05) is 12.6 Å². The molecular weight excluding hydrogens is 294 g/mol. The Morgan fingerprint density at radius 2 is 1.70 bits per heavy atom. The molecule has 1 aromatic carbocycles. The number of esters is 2. The molecule has 1 rings (SSSR count). The molecular formula is C18H27NO4. The van der Waals surface area contributed by atoms with Crippen molar-refractivity contribution in [3.05, 3.63) is 35.9 Å². The number of hydrogen-bond donors (Lipinski definition) is 1. The molecule has 1 aromatic rings. The van der Waals surface area contributed by atoms with Gasteiger partial charge in [0.05, 0.1) is 26.1 Å². The van der Waals surface area contributed by atoms with Crippen molar-refractivity contribution in [3.8, 4) is 0 Å². The Labute approximate surface area is 138 Å². The molecule has 0 unspecified atom stereocenters. The van der Waals surface area contributed by atoms with Crippen LogP contribution >= 0.6 is 0 Å². The lowest BCUT2D eigenvalue weighted by Gasteiger charge is -2.18. The molecule has 0 bridgehead atoms. The monoisotopic (exact) mass is 321 g/mol. The fourth-order valence-electron chi connectivity index (χ4n) is 2.29. The van der Waals surface area contributed by atoms with Crippen LogP contribution in [0.4, 0.5) is 0 Å². The van der Waals surface area contributed by atoms with E-state index in [0.717, 1.165) is 12.8 Å². The molecule has 0 saturated heterocycles. The van der Waals surface area contributed by atoms with Crippen LogP contribution in [-0.4, -0.2) is 37.7 Å². The quantitative estimate of drug-likeness (QED) is 0.634. The van der Waals surface area contributed by atoms with Crippen LogP contribution in [0.1, 0.15) is 38.7 Å². The second-order valence-electron chi connectivity index (χ2n) is 5.24. The van der Waals surface area contributed by atoms with Crippen molar-refractivity contribution in [1.82, 2.24) is 5.32 Å². The number of carbonyl (C=O) groups excluding carboxylic acids is 2. The molecule has 23 heavy (non-hydrogen) atoms. The second-order valence-corrected chi connectivity index (χ2v) is 5.24. The molecule has 0 amide bonds. The van der Waals surface area contributed by atoms with Crippen LogP contribution in [0.3, 0.4) is 0 Å². The summed E-state index contributed by atoms with van der Waals surface area (Å²) in [6.45, 7) is 4.85. The van der Waals surface area contributed by atoms with Gasteiger partial charge in [-0.05, 0) is 32.3 Å². The summed E-state index contributed by atoms with van der Waals surface area (Å²) >= 11 is 0. The van der Waals surface area contributed by atoms with Crippen LogP contribution in [0.15, 0.2) is 30.3 Å². The Hall–Kier alpha value is -1.88. The fraction of sp³-hybridized carbons (Fsp3) is 0.556. The van der Waals surface area contributed by atoms with Gasteiger partial charge in [0.15, 0.2) is 0 Å². The summed E-state index contributed by atoms with van der Waals surface area (Å²) in [7, 11) is 0. The van der Waals surface area contributed by atoms with Crippen molar-refractivity contribution >= 4 is 11.9 Å². The van der Waals surface area contributed by atoms with E-state index in [2.05, 4.69) is 17.4 Å². The highest BCUT2D eigenvalue weighted by Gasteiger charge is 2.15. The maximum atomic E-state index is 11.7. The Morgan fingerprint density at radius 3 is 2.35 bits per heavy atom. The Kier molecular flexibility index (Phi) is 9.71. The molecule has 1 N–H and O–H groups in total. The van der Waals surface area contributed by atoms with E-state index < -0.39 is 0 Å². The summed E-state index contributed by atoms with van der Waals surface area (Å²) in [4.78, 5) is 23.1. The summed E-state index contributed by atoms with van der Waals surface area (Å²) in [5.74, 6) is -0.438. The summed E-state index contributed by atoms with van der Waals surface area (Å²) < 4.78 is 9.92. The molecule has 5 nitrogen and oxygen atoms in total. The molecule has 0 aliphatic carbocycles. The first-order chi connectivity index (χ1) is 11.2. The molecule has 0 radical (unpaired) electrons. The van der Waals surface area contributed by atoms with Crippen LogP contribution in [0.2, 0.25) is 0 Å². The number of carbonyl (C=O) groups is 2. The number of rotatable bonds is 11. The first-order valence-electron chi connectivity index (χ1n) is 8.24. The average molecular weight is 321 g/mol. The summed E-state index contributed by atoms with van der Waals surface area (Å²) in [6, 6.07) is 10.1. The van der Waals surface area contributed by atoms with Crippen molar-refractivity contribution < 1.29 is 19.1 Å². The van der Waals surface area contributed by atoms with E-state index in [0.29, 0.717) is 32.6 Å². The predicted octanol–water partition coefficient (Wildman–Crippen LogP) is 2.48. The number of ether oxygens (including phenoxy) is 2. The first kappa shape index (κ1) is 19.2. The minimum absolute atomic E-state index is 0.0105. The maximum absolute atomic E-state index is 11.7. The number of aryl methyl sites for hydroxylation is 1. The zero-order valence-corrected chi connectivity index (χ0v) is 14.0. The first-order valence-corrected chi connectivity index (χ1v) is 8.24. The van der Waals surface area contributed by atoms with E-state index in [9.17, 15) is 9.59 Å². The van der Waals surface area contributed by atoms with Crippen molar-refractivity contribution in [1.29, 1.82) is 0 Å². The summed E-state index contributed by atoms with van der Waals surface area (Å²) in [5, 5.41) is 3.27. The zero-order chi connectivity index (χ0) is 16.9. The minimum Gasteiger partial charge on any atom is -0.466 e. The van der Waals surface area contributed by atoms with Gasteiger partial charge in [-0.3, -0.25) is 9.59 Å². The van der Waals surface area contributed by atoms with E-state index in [-0.39, 0.29) is 18.0 Å². The van der Waals surface area contributed by atoms with Crippen LogP contribution in [0.25, 0.3) is 0 Å². The maximum Gasteiger partial charge on any atom is 0.307 e. The van der Waals surface area contributed by atoms with E-state index in [1.807, 2.05) is 18.2 Å². The van der Waals surface area contributed by atoms with E-state index in [1.54, 1.807) is 13.8 Å². The summed E-state index contributed by atoms with van der Waals surface area (Å²) in [5.41, 5.74) is 1.23. The largest absolute Gasteiger partial charge is 0.466 e. The van der Waals surface area contributed by atoms with Crippen molar-refractivity contribution in [2.45, 2.75) is 45.6 Å². The van der Waals surface area contributed by atoms with Crippen molar-refractivity contribution in [2.24, 2.45) is 0 Å². The Balaban J connectivity index is 2.44. The standard InChI is InChI=1S/C18H27NO4/c1-3-22-17(20)12-13-19-16(14-18(21)23-4-2)11-10-15-8-6-5-7-9-15/h5-9,16,19H,3-4,10-14H2,1-2H3/t16-/m0/s1. The van der Waals surface area contributed by atoms with Gasteiger partial charge in [-0.2, -0.15) is 0 Å². The lowest BCUT2D eigenvalue weighted by Crippen LogP contribution is -2.34. The SMILES string of the molecule is CCOC(=O)CCN[C@@H](CCc1ccccc1)CC(=O)OCC. The molecule has 0 heterocycles. The van der Waals surface area contributed by atoms with Gasteiger partial charge in [-0.25, -0.2) is 0 Å². The highest BCUT2D eigenvalue weighted by atomic mass is 16.5. The lowest BCUT2D eigenvalue weighted by atomic mass is 10.0. The van der Waals surface area contributed by atoms with E-state index in [4.69, 9.17) is 9.47 Å². The van der Waals surface area contributed by atoms with Crippen molar-refractivity contribution in [3.63, 3.8) is 0 Å². The van der Waals surface area contributed by atoms with Gasteiger partial charge in [0.2, 0.25) is 0 Å². The third-order valence-corrected chi connectivity index (χ3v) is 3.41. The van der Waals surface area contributed by atoms with Gasteiger partial charge in [-0.1, -0.05) is 30.3 Å². The third-order valence-electron chi connectivity index (χ3n) is 3.41. The van der Waals surface area contributed by atoms with Gasteiger partial charge in [0.25, 0.3) is 0 Å². The third kappa shape index (κ3) is 8.98. The fourth-order valence-corrected chi connectivity index (χ4v) is 2.29. The number of benzene rings is 1. The van der Waals surface area contributed by atoms with Crippen LogP contribution < -0.4 is 5.32 Å². The lowest BCUT2D eigenvalue weighted by molar-refractivity contribution is -0.143. The molecule has 0 spiro atoms. The normalized spacial score (nSPS) is 11.7. The Bertz CT molecular complexity index is 461. The van der Waals surface area contributed by atoms with Gasteiger partial charge >= 0.3 is 11.9 Å². The van der Waals surface area contributed by atoms with Crippen LogP contribution in [0.5, 0.6) is 0 Å². The van der Waals surface area contributed by atoms with E-state index >= 15 is 0 Å². The average Bonchev–Trinajstić information content (AvgIpc) is 2.54. The van der Waals surface area contributed by atoms with Gasteiger partial charge in [0.1, 0.15) is 0 Å². The van der Waals surface area contributed by atoms with Gasteiger partial charge < -0.3 is 14.8 Å².